The Morgan fingerprint density at radius 2 is 1.89 bits per heavy atom. The molecule has 0 heterocycles. The van der Waals surface area contributed by atoms with E-state index < -0.39 is 23.8 Å². The highest BCUT2D eigenvalue weighted by Crippen LogP contribution is 2.21. The monoisotopic (exact) mass is 270 g/mol. The SMILES string of the molecule is CC=CCC(C(=O)OCCC(C)(C)C)C(C)C(=O)O. The third kappa shape index (κ3) is 7.65. The number of carboxylic acid groups (broad SMARTS) is 1. The molecular weight excluding hydrogens is 244 g/mol. The lowest BCUT2D eigenvalue weighted by Gasteiger charge is -2.21. The first-order valence-electron chi connectivity index (χ1n) is 6.69. The summed E-state index contributed by atoms with van der Waals surface area (Å²) in [5.74, 6) is -2.74. The van der Waals surface area contributed by atoms with Crippen molar-refractivity contribution in [3.8, 4) is 0 Å². The van der Waals surface area contributed by atoms with E-state index in [1.807, 2.05) is 13.0 Å². The van der Waals surface area contributed by atoms with Crippen LogP contribution in [-0.4, -0.2) is 23.7 Å². The van der Waals surface area contributed by atoms with E-state index in [1.165, 1.54) is 0 Å². The Morgan fingerprint density at radius 1 is 1.32 bits per heavy atom. The van der Waals surface area contributed by atoms with E-state index in [0.717, 1.165) is 6.42 Å². The van der Waals surface area contributed by atoms with E-state index >= 15 is 0 Å². The molecule has 0 aliphatic rings. The third-order valence-electron chi connectivity index (χ3n) is 3.02. The van der Waals surface area contributed by atoms with Gasteiger partial charge in [0.1, 0.15) is 0 Å². The van der Waals surface area contributed by atoms with Crippen molar-refractivity contribution in [3.63, 3.8) is 0 Å². The molecule has 0 amide bonds. The van der Waals surface area contributed by atoms with E-state index in [4.69, 9.17) is 9.84 Å². The maximum absolute atomic E-state index is 12.0. The van der Waals surface area contributed by atoms with Crippen molar-refractivity contribution in [2.75, 3.05) is 6.61 Å². The van der Waals surface area contributed by atoms with Crippen molar-refractivity contribution in [3.05, 3.63) is 12.2 Å². The molecule has 0 radical (unpaired) electrons. The predicted molar refractivity (Wildman–Crippen MR) is 74.8 cm³/mol. The second kappa shape index (κ2) is 7.97. The molecule has 4 heteroatoms. The number of carboxylic acids is 1. The van der Waals surface area contributed by atoms with Gasteiger partial charge in [0.2, 0.25) is 0 Å². The lowest BCUT2D eigenvalue weighted by molar-refractivity contribution is -0.157. The molecule has 0 spiro atoms. The zero-order chi connectivity index (χ0) is 15.1. The van der Waals surface area contributed by atoms with E-state index in [9.17, 15) is 9.59 Å². The summed E-state index contributed by atoms with van der Waals surface area (Å²) in [6.07, 6.45) is 4.77. The minimum Gasteiger partial charge on any atom is -0.481 e. The molecule has 1 N–H and O–H groups in total. The summed E-state index contributed by atoms with van der Waals surface area (Å²) in [6, 6.07) is 0. The van der Waals surface area contributed by atoms with Crippen molar-refractivity contribution in [1.29, 1.82) is 0 Å². The molecule has 2 atom stereocenters. The van der Waals surface area contributed by atoms with Gasteiger partial charge >= 0.3 is 11.9 Å². The second-order valence-corrected chi connectivity index (χ2v) is 6.02. The summed E-state index contributed by atoms with van der Waals surface area (Å²) in [5.41, 5.74) is 0.0948. The van der Waals surface area contributed by atoms with Gasteiger partial charge in [-0.1, -0.05) is 39.8 Å². The maximum atomic E-state index is 12.0. The van der Waals surface area contributed by atoms with Crippen molar-refractivity contribution in [2.45, 2.75) is 47.5 Å². The molecule has 0 rings (SSSR count). The summed E-state index contributed by atoms with van der Waals surface area (Å²) in [7, 11) is 0. The molecule has 0 aromatic heterocycles. The highest BCUT2D eigenvalue weighted by atomic mass is 16.5. The van der Waals surface area contributed by atoms with Gasteiger partial charge in [0.15, 0.2) is 0 Å². The molecule has 0 aromatic rings. The standard InChI is InChI=1S/C15H26O4/c1-6-7-8-12(11(2)13(16)17)14(18)19-10-9-15(3,4)5/h6-7,11-12H,8-10H2,1-5H3,(H,16,17). The van der Waals surface area contributed by atoms with Gasteiger partial charge in [0.25, 0.3) is 0 Å². The number of aliphatic carboxylic acids is 1. The summed E-state index contributed by atoms with van der Waals surface area (Å²) >= 11 is 0. The predicted octanol–water partition coefficient (Wildman–Crippen LogP) is 3.27. The topological polar surface area (TPSA) is 63.6 Å². The summed E-state index contributed by atoms with van der Waals surface area (Å²) < 4.78 is 5.21. The van der Waals surface area contributed by atoms with Crippen molar-refractivity contribution in [2.24, 2.45) is 17.3 Å². The number of rotatable bonds is 7. The van der Waals surface area contributed by atoms with Crippen LogP contribution in [0.5, 0.6) is 0 Å². The molecule has 0 aliphatic carbocycles. The van der Waals surface area contributed by atoms with Crippen LogP contribution in [0.15, 0.2) is 12.2 Å². The summed E-state index contributed by atoms with van der Waals surface area (Å²) in [5, 5.41) is 9.02. The summed E-state index contributed by atoms with van der Waals surface area (Å²) in [6.45, 7) is 9.92. The average Bonchev–Trinajstić information content (AvgIpc) is 2.27. The van der Waals surface area contributed by atoms with E-state index in [1.54, 1.807) is 13.0 Å². The molecule has 0 bridgehead atoms. The van der Waals surface area contributed by atoms with E-state index in [-0.39, 0.29) is 5.41 Å². The smallest absolute Gasteiger partial charge is 0.310 e. The van der Waals surface area contributed by atoms with Crippen LogP contribution in [-0.2, 0) is 14.3 Å². The first kappa shape index (κ1) is 17.7. The lowest BCUT2D eigenvalue weighted by Crippen LogP contribution is -2.29. The van der Waals surface area contributed by atoms with Gasteiger partial charge in [0.05, 0.1) is 18.4 Å². The molecule has 19 heavy (non-hydrogen) atoms. The highest BCUT2D eigenvalue weighted by molar-refractivity contribution is 5.80. The number of carbonyl (C=O) groups excluding carboxylic acids is 1. The fourth-order valence-electron chi connectivity index (χ4n) is 1.52. The fraction of sp³-hybridized carbons (Fsp3) is 0.733. The Labute approximate surface area is 115 Å². The molecule has 4 nitrogen and oxygen atoms in total. The number of hydrogen-bond acceptors (Lipinski definition) is 3. The molecule has 0 aromatic carbocycles. The van der Waals surface area contributed by atoms with E-state index in [2.05, 4.69) is 20.8 Å². The van der Waals surface area contributed by atoms with Gasteiger partial charge in [-0.25, -0.2) is 0 Å². The Morgan fingerprint density at radius 3 is 2.32 bits per heavy atom. The van der Waals surface area contributed by atoms with Crippen LogP contribution in [0.2, 0.25) is 0 Å². The number of carbonyl (C=O) groups is 2. The number of allylic oxidation sites excluding steroid dienone is 2. The Hall–Kier alpha value is -1.32. The molecule has 0 saturated carbocycles. The van der Waals surface area contributed by atoms with Crippen LogP contribution in [0.25, 0.3) is 0 Å². The van der Waals surface area contributed by atoms with Gasteiger partial charge < -0.3 is 9.84 Å². The average molecular weight is 270 g/mol. The van der Waals surface area contributed by atoms with Crippen LogP contribution in [0.4, 0.5) is 0 Å². The van der Waals surface area contributed by atoms with Crippen molar-refractivity contribution >= 4 is 11.9 Å². The third-order valence-corrected chi connectivity index (χ3v) is 3.02. The van der Waals surface area contributed by atoms with Crippen LogP contribution < -0.4 is 0 Å². The Bertz CT molecular complexity index is 326. The van der Waals surface area contributed by atoms with Crippen LogP contribution in [0, 0.1) is 17.3 Å². The molecule has 2 unspecified atom stereocenters. The zero-order valence-electron chi connectivity index (χ0n) is 12.6. The van der Waals surface area contributed by atoms with Crippen LogP contribution in [0.1, 0.15) is 47.5 Å². The van der Waals surface area contributed by atoms with Crippen molar-refractivity contribution in [1.82, 2.24) is 0 Å². The van der Waals surface area contributed by atoms with Crippen LogP contribution >= 0.6 is 0 Å². The molecule has 110 valence electrons. The first-order valence-corrected chi connectivity index (χ1v) is 6.69. The minimum absolute atomic E-state index is 0.0948. The number of hydrogen-bond donors (Lipinski definition) is 1. The fourth-order valence-corrected chi connectivity index (χ4v) is 1.52. The van der Waals surface area contributed by atoms with Crippen molar-refractivity contribution < 1.29 is 19.4 Å². The minimum atomic E-state index is -0.970. The highest BCUT2D eigenvalue weighted by Gasteiger charge is 2.30. The number of ether oxygens (including phenoxy) is 1. The first-order chi connectivity index (χ1) is 8.69. The Balaban J connectivity index is 4.50. The van der Waals surface area contributed by atoms with E-state index in [0.29, 0.717) is 13.0 Å². The quantitative estimate of drug-likeness (QED) is 0.569. The van der Waals surface area contributed by atoms with Gasteiger partial charge in [-0.2, -0.15) is 0 Å². The molecule has 0 aliphatic heterocycles. The maximum Gasteiger partial charge on any atom is 0.310 e. The normalized spacial score (nSPS) is 15.2. The Kier molecular flexibility index (Phi) is 7.42. The second-order valence-electron chi connectivity index (χ2n) is 6.02. The van der Waals surface area contributed by atoms with Gasteiger partial charge in [-0.05, 0) is 25.2 Å². The largest absolute Gasteiger partial charge is 0.481 e. The number of esters is 1. The van der Waals surface area contributed by atoms with Crippen LogP contribution in [0.3, 0.4) is 0 Å². The molecular formula is C15H26O4. The van der Waals surface area contributed by atoms with Gasteiger partial charge in [0, 0.05) is 0 Å². The van der Waals surface area contributed by atoms with Gasteiger partial charge in [-0.3, -0.25) is 9.59 Å². The van der Waals surface area contributed by atoms with Gasteiger partial charge in [-0.15, -0.1) is 0 Å². The molecule has 0 saturated heterocycles. The summed E-state index contributed by atoms with van der Waals surface area (Å²) in [4.78, 5) is 23.0. The molecule has 0 fully saturated rings. The zero-order valence-corrected chi connectivity index (χ0v) is 12.6. The lowest BCUT2D eigenvalue weighted by atomic mass is 9.90.